The first kappa shape index (κ1) is 39.4. The fourth-order valence-electron chi connectivity index (χ4n) is 10.4. The lowest BCUT2D eigenvalue weighted by Gasteiger charge is -2.15. The lowest BCUT2D eigenvalue weighted by molar-refractivity contribution is 1.18. The normalized spacial score (nSPS) is 11.5. The average molecular weight is 865 g/mol. The van der Waals surface area contributed by atoms with Crippen LogP contribution in [-0.2, 0) is 0 Å². The Morgan fingerprint density at radius 2 is 0.544 bits per heavy atom. The van der Waals surface area contributed by atoms with Gasteiger partial charge in [0.2, 0.25) is 0 Å². The molecule has 0 saturated heterocycles. The molecule has 11 aromatic carbocycles. The second-order valence-electron chi connectivity index (χ2n) is 17.7. The molecular weight excluding hydrogens is 821 g/mol. The number of hydrogen-bond donors (Lipinski definition) is 0. The Kier molecular flexibility index (Phi) is 9.54. The van der Waals surface area contributed by atoms with Crippen LogP contribution in [0.2, 0.25) is 0 Å². The zero-order valence-corrected chi connectivity index (χ0v) is 37.3. The first-order chi connectivity index (χ1) is 33.7. The predicted molar refractivity (Wildman–Crippen MR) is 288 cm³/mol. The van der Waals surface area contributed by atoms with Gasteiger partial charge in [-0.3, -0.25) is 0 Å². The molecule has 0 atom stereocenters. The highest BCUT2D eigenvalue weighted by molar-refractivity contribution is 6.13. The van der Waals surface area contributed by atoms with Crippen LogP contribution in [0.5, 0.6) is 0 Å². The molecule has 2 nitrogen and oxygen atoms in total. The molecule has 0 bridgehead atoms. The maximum atomic E-state index is 2.45. The molecule has 68 heavy (non-hydrogen) atoms. The van der Waals surface area contributed by atoms with Crippen LogP contribution < -0.4 is 0 Å². The molecule has 2 heterocycles. The van der Waals surface area contributed by atoms with E-state index in [1.165, 1.54) is 116 Å². The Hall–Kier alpha value is -8.98. The molecule has 0 N–H and O–H groups in total. The molecule has 2 heteroatoms. The largest absolute Gasteiger partial charge is 0.309 e. The summed E-state index contributed by atoms with van der Waals surface area (Å²) in [6.07, 6.45) is 0. The molecule has 0 spiro atoms. The van der Waals surface area contributed by atoms with Crippen LogP contribution in [0, 0.1) is 0 Å². The summed E-state index contributed by atoms with van der Waals surface area (Å²) in [6, 6.07) is 97.3. The van der Waals surface area contributed by atoms with Crippen LogP contribution in [0.4, 0.5) is 0 Å². The predicted octanol–water partition coefficient (Wildman–Crippen LogP) is 17.9. The summed E-state index contributed by atoms with van der Waals surface area (Å²) in [5.41, 5.74) is 21.6. The van der Waals surface area contributed by atoms with E-state index >= 15 is 0 Å². The van der Waals surface area contributed by atoms with Gasteiger partial charge in [0.1, 0.15) is 0 Å². The van der Waals surface area contributed by atoms with Gasteiger partial charge in [-0.25, -0.2) is 0 Å². The third-order valence-corrected chi connectivity index (χ3v) is 13.8. The molecule has 0 fully saturated rings. The van der Waals surface area contributed by atoms with Gasteiger partial charge in [-0.05, 0) is 128 Å². The minimum Gasteiger partial charge on any atom is -0.309 e. The van der Waals surface area contributed by atoms with Crippen LogP contribution in [0.25, 0.3) is 122 Å². The number of nitrogens with zero attached hydrogens (tertiary/aromatic N) is 2. The molecule has 0 unspecified atom stereocenters. The summed E-state index contributed by atoms with van der Waals surface area (Å²) in [6.45, 7) is 0. The quantitative estimate of drug-likeness (QED) is 0.144. The first-order valence-corrected chi connectivity index (χ1v) is 23.4. The zero-order valence-electron chi connectivity index (χ0n) is 37.3. The number of aromatic nitrogens is 2. The maximum Gasteiger partial charge on any atom is 0.0541 e. The molecule has 0 radical (unpaired) electrons. The van der Waals surface area contributed by atoms with Crippen molar-refractivity contribution in [3.05, 3.63) is 267 Å². The molecule has 0 aliphatic carbocycles. The topological polar surface area (TPSA) is 9.86 Å². The van der Waals surface area contributed by atoms with Crippen molar-refractivity contribution in [1.29, 1.82) is 0 Å². The van der Waals surface area contributed by atoms with Crippen molar-refractivity contribution < 1.29 is 0 Å². The van der Waals surface area contributed by atoms with Gasteiger partial charge < -0.3 is 9.13 Å². The summed E-state index contributed by atoms with van der Waals surface area (Å²) >= 11 is 0. The Balaban J connectivity index is 0.827. The molecule has 318 valence electrons. The Morgan fingerprint density at radius 3 is 1.12 bits per heavy atom. The SMILES string of the molecule is c1ccc(-c2ccc(-c3cccc(-c4cccc(-c5ccc(-c6ccccc6-n6c7ccccc7c7cc(-c8ccc9c(c8)c8ccccc8n9-c8ccccc8)ccc76)cc5)c4)c3)cc2)cc1. The van der Waals surface area contributed by atoms with Gasteiger partial charge in [0.05, 0.1) is 27.8 Å². The van der Waals surface area contributed by atoms with E-state index in [0.717, 1.165) is 5.69 Å². The number of benzene rings is 11. The Morgan fingerprint density at radius 1 is 0.191 bits per heavy atom. The van der Waals surface area contributed by atoms with E-state index in [2.05, 4.69) is 276 Å². The van der Waals surface area contributed by atoms with Crippen molar-refractivity contribution in [1.82, 2.24) is 9.13 Å². The standard InChI is InChI=1S/C66H44N2/c1-3-15-45(16-4-1)46-29-31-47(32-30-46)50-17-13-19-52(41-50)53-20-14-18-51(42-53)48-33-35-49(36-34-48)57-23-7-10-26-62(57)68-64-28-12-9-25-59(64)61-44-55(38-40-66(61)68)54-37-39-65-60(43-54)58-24-8-11-27-63(58)67(65)56-21-5-2-6-22-56/h1-44H. The van der Waals surface area contributed by atoms with Crippen LogP contribution in [0.3, 0.4) is 0 Å². The van der Waals surface area contributed by atoms with E-state index in [9.17, 15) is 0 Å². The first-order valence-electron chi connectivity index (χ1n) is 23.4. The van der Waals surface area contributed by atoms with E-state index in [1.807, 2.05) is 0 Å². The van der Waals surface area contributed by atoms with Crippen molar-refractivity contribution in [2.75, 3.05) is 0 Å². The van der Waals surface area contributed by atoms with E-state index < -0.39 is 0 Å². The molecule has 0 aliphatic heterocycles. The number of para-hydroxylation sites is 4. The molecule has 0 amide bonds. The lowest BCUT2D eigenvalue weighted by atomic mass is 9.94. The van der Waals surface area contributed by atoms with Gasteiger partial charge in [0.15, 0.2) is 0 Å². The second kappa shape index (κ2) is 16.5. The van der Waals surface area contributed by atoms with Gasteiger partial charge in [-0.2, -0.15) is 0 Å². The molecule has 13 aromatic rings. The van der Waals surface area contributed by atoms with Crippen molar-refractivity contribution in [2.24, 2.45) is 0 Å². The van der Waals surface area contributed by atoms with E-state index in [1.54, 1.807) is 0 Å². The smallest absolute Gasteiger partial charge is 0.0541 e. The van der Waals surface area contributed by atoms with Crippen LogP contribution in [0.15, 0.2) is 267 Å². The molecule has 2 aromatic heterocycles. The number of fused-ring (bicyclic) bond motifs is 6. The Labute approximate surface area is 395 Å². The van der Waals surface area contributed by atoms with Crippen molar-refractivity contribution >= 4 is 43.6 Å². The summed E-state index contributed by atoms with van der Waals surface area (Å²) < 4.78 is 4.82. The number of hydrogen-bond acceptors (Lipinski definition) is 0. The monoisotopic (exact) mass is 864 g/mol. The van der Waals surface area contributed by atoms with Gasteiger partial charge in [-0.1, -0.05) is 200 Å². The van der Waals surface area contributed by atoms with Gasteiger partial charge >= 0.3 is 0 Å². The average Bonchev–Trinajstić information content (AvgIpc) is 3.94. The maximum absolute atomic E-state index is 2.45. The fourth-order valence-corrected chi connectivity index (χ4v) is 10.4. The Bertz CT molecular complexity index is 3990. The summed E-state index contributed by atoms with van der Waals surface area (Å²) in [4.78, 5) is 0. The zero-order chi connectivity index (χ0) is 45.0. The van der Waals surface area contributed by atoms with Gasteiger partial charge in [0.25, 0.3) is 0 Å². The van der Waals surface area contributed by atoms with E-state index in [-0.39, 0.29) is 0 Å². The van der Waals surface area contributed by atoms with Crippen LogP contribution >= 0.6 is 0 Å². The summed E-state index contributed by atoms with van der Waals surface area (Å²) in [5.74, 6) is 0. The minimum absolute atomic E-state index is 1.16. The second-order valence-corrected chi connectivity index (χ2v) is 17.7. The van der Waals surface area contributed by atoms with Crippen LogP contribution in [0.1, 0.15) is 0 Å². The minimum atomic E-state index is 1.16. The molecular formula is C66H44N2. The van der Waals surface area contributed by atoms with Crippen molar-refractivity contribution in [3.63, 3.8) is 0 Å². The highest BCUT2D eigenvalue weighted by Crippen LogP contribution is 2.41. The van der Waals surface area contributed by atoms with E-state index in [4.69, 9.17) is 0 Å². The fraction of sp³-hybridized carbons (Fsp3) is 0. The van der Waals surface area contributed by atoms with Crippen molar-refractivity contribution in [2.45, 2.75) is 0 Å². The lowest BCUT2D eigenvalue weighted by Crippen LogP contribution is -1.97. The van der Waals surface area contributed by atoms with Crippen LogP contribution in [-0.4, -0.2) is 9.13 Å². The third-order valence-electron chi connectivity index (χ3n) is 13.8. The molecule has 13 rings (SSSR count). The van der Waals surface area contributed by atoms with Gasteiger partial charge in [-0.15, -0.1) is 0 Å². The molecule has 0 saturated carbocycles. The van der Waals surface area contributed by atoms with Gasteiger partial charge in [0, 0.05) is 32.8 Å². The number of rotatable bonds is 8. The summed E-state index contributed by atoms with van der Waals surface area (Å²) in [7, 11) is 0. The van der Waals surface area contributed by atoms with Crippen molar-refractivity contribution in [3.8, 4) is 78.1 Å². The third kappa shape index (κ3) is 6.82. The van der Waals surface area contributed by atoms with E-state index in [0.29, 0.717) is 0 Å². The molecule has 0 aliphatic rings. The highest BCUT2D eigenvalue weighted by Gasteiger charge is 2.18. The summed E-state index contributed by atoms with van der Waals surface area (Å²) in [5, 5.41) is 4.99. The highest BCUT2D eigenvalue weighted by atomic mass is 15.0.